The highest BCUT2D eigenvalue weighted by Gasteiger charge is 2.33. The molecule has 0 aromatic heterocycles. The molecule has 0 amide bonds. The second-order valence-corrected chi connectivity index (χ2v) is 7.37. The van der Waals surface area contributed by atoms with E-state index in [4.69, 9.17) is 11.6 Å². The second-order valence-electron chi connectivity index (χ2n) is 4.37. The van der Waals surface area contributed by atoms with Crippen molar-refractivity contribution in [2.45, 2.75) is 11.3 Å². The van der Waals surface area contributed by atoms with Gasteiger partial charge in [0, 0.05) is 4.47 Å². The van der Waals surface area contributed by atoms with Crippen LogP contribution >= 0.6 is 27.5 Å². The van der Waals surface area contributed by atoms with Crippen LogP contribution in [0.1, 0.15) is 0 Å². The number of hydrogen-bond acceptors (Lipinski definition) is 3. The van der Waals surface area contributed by atoms with E-state index in [1.165, 1.54) is 6.07 Å². The Labute approximate surface area is 147 Å². The first-order valence-electron chi connectivity index (χ1n) is 6.01. The summed E-state index contributed by atoms with van der Waals surface area (Å²) < 4.78 is 80.8. The van der Waals surface area contributed by atoms with Crippen LogP contribution in [0.15, 0.2) is 45.8 Å². The molecule has 0 bridgehead atoms. The van der Waals surface area contributed by atoms with Crippen molar-refractivity contribution in [1.82, 2.24) is 0 Å². The predicted octanol–water partition coefficient (Wildman–Crippen LogP) is 4.94. The first-order chi connectivity index (χ1) is 11.0. The van der Waals surface area contributed by atoms with E-state index in [0.29, 0.717) is 0 Å². The van der Waals surface area contributed by atoms with E-state index >= 15 is 0 Å². The fourth-order valence-corrected chi connectivity index (χ4v) is 3.32. The summed E-state index contributed by atoms with van der Waals surface area (Å²) in [5.74, 6) is -1.59. The third kappa shape index (κ3) is 4.74. The van der Waals surface area contributed by atoms with Crippen LogP contribution in [0.25, 0.3) is 0 Å². The number of ether oxygens (including phenoxy) is 1. The van der Waals surface area contributed by atoms with Gasteiger partial charge in [0.15, 0.2) is 5.75 Å². The van der Waals surface area contributed by atoms with E-state index in [2.05, 4.69) is 20.7 Å². The number of anilines is 1. The highest BCUT2D eigenvalue weighted by Crippen LogP contribution is 2.34. The zero-order valence-corrected chi connectivity index (χ0v) is 14.5. The zero-order valence-electron chi connectivity index (χ0n) is 11.4. The fraction of sp³-hybridized carbons (Fsp3) is 0.0769. The Kier molecular flexibility index (Phi) is 5.31. The van der Waals surface area contributed by atoms with Gasteiger partial charge in [0.1, 0.15) is 5.82 Å². The SMILES string of the molecule is O=S(=O)(Nc1ccc(Br)cc1OC(F)(F)F)c1ccc(F)c(Cl)c1. The van der Waals surface area contributed by atoms with Crippen LogP contribution in [-0.4, -0.2) is 14.8 Å². The van der Waals surface area contributed by atoms with Crippen LogP contribution in [-0.2, 0) is 10.0 Å². The first-order valence-corrected chi connectivity index (χ1v) is 8.66. The second kappa shape index (κ2) is 6.77. The average Bonchev–Trinajstić information content (AvgIpc) is 2.43. The molecule has 2 aromatic rings. The molecule has 0 saturated carbocycles. The molecule has 24 heavy (non-hydrogen) atoms. The number of halogens is 6. The summed E-state index contributed by atoms with van der Waals surface area (Å²) in [6, 6.07) is 5.93. The van der Waals surface area contributed by atoms with E-state index in [-0.39, 0.29) is 4.47 Å². The standard InChI is InChI=1S/C13H7BrClF4NO3S/c14-7-1-4-11(12(5-7)23-13(17,18)19)20-24(21,22)8-2-3-10(16)9(15)6-8/h1-6,20H. The van der Waals surface area contributed by atoms with Gasteiger partial charge < -0.3 is 4.74 Å². The molecular formula is C13H7BrClF4NO3S. The molecule has 2 rings (SSSR count). The summed E-state index contributed by atoms with van der Waals surface area (Å²) in [5, 5.41) is -0.444. The smallest absolute Gasteiger partial charge is 0.403 e. The lowest BCUT2D eigenvalue weighted by molar-refractivity contribution is -0.274. The molecule has 0 aliphatic rings. The van der Waals surface area contributed by atoms with Gasteiger partial charge in [-0.15, -0.1) is 13.2 Å². The Morgan fingerprint density at radius 2 is 1.79 bits per heavy atom. The lowest BCUT2D eigenvalue weighted by atomic mass is 10.3. The summed E-state index contributed by atoms with van der Waals surface area (Å²) in [4.78, 5) is -0.422. The number of alkyl halides is 3. The molecule has 0 heterocycles. The van der Waals surface area contributed by atoms with Crippen LogP contribution < -0.4 is 9.46 Å². The Bertz CT molecular complexity index is 874. The van der Waals surface area contributed by atoms with Crippen molar-refractivity contribution >= 4 is 43.2 Å². The number of nitrogens with one attached hydrogen (secondary N) is 1. The van der Waals surface area contributed by atoms with Gasteiger partial charge in [-0.3, -0.25) is 4.72 Å². The van der Waals surface area contributed by atoms with E-state index < -0.39 is 43.6 Å². The molecule has 0 spiro atoms. The van der Waals surface area contributed by atoms with Gasteiger partial charge in [-0.1, -0.05) is 27.5 Å². The highest BCUT2D eigenvalue weighted by molar-refractivity contribution is 9.10. The quantitative estimate of drug-likeness (QED) is 0.674. The molecule has 11 heteroatoms. The summed E-state index contributed by atoms with van der Waals surface area (Å²) in [5.41, 5.74) is -0.448. The summed E-state index contributed by atoms with van der Waals surface area (Å²) in [6.45, 7) is 0. The van der Waals surface area contributed by atoms with Gasteiger partial charge in [0.25, 0.3) is 10.0 Å². The van der Waals surface area contributed by atoms with Crippen molar-refractivity contribution < 1.29 is 30.7 Å². The number of rotatable bonds is 4. The summed E-state index contributed by atoms with van der Waals surface area (Å²) >= 11 is 8.48. The van der Waals surface area contributed by atoms with E-state index in [1.54, 1.807) is 0 Å². The van der Waals surface area contributed by atoms with Gasteiger partial charge in [0.05, 0.1) is 15.6 Å². The molecule has 0 unspecified atom stereocenters. The molecule has 0 fully saturated rings. The average molecular weight is 449 g/mol. The predicted molar refractivity (Wildman–Crippen MR) is 83.0 cm³/mol. The topological polar surface area (TPSA) is 55.4 Å². The maximum absolute atomic E-state index is 13.1. The molecule has 0 aliphatic heterocycles. The van der Waals surface area contributed by atoms with Crippen molar-refractivity contribution in [2.75, 3.05) is 4.72 Å². The number of hydrogen-bond donors (Lipinski definition) is 1. The van der Waals surface area contributed by atoms with Crippen molar-refractivity contribution in [3.05, 3.63) is 51.7 Å². The van der Waals surface area contributed by atoms with E-state index in [9.17, 15) is 26.0 Å². The zero-order chi connectivity index (χ0) is 18.1. The fourth-order valence-electron chi connectivity index (χ4n) is 1.64. The van der Waals surface area contributed by atoms with E-state index in [1.807, 2.05) is 4.72 Å². The normalized spacial score (nSPS) is 12.1. The lowest BCUT2D eigenvalue weighted by Crippen LogP contribution is -2.20. The van der Waals surface area contributed by atoms with Gasteiger partial charge in [-0.05, 0) is 36.4 Å². The van der Waals surface area contributed by atoms with Gasteiger partial charge >= 0.3 is 6.36 Å². The largest absolute Gasteiger partial charge is 0.573 e. The van der Waals surface area contributed by atoms with Crippen LogP contribution in [0.4, 0.5) is 23.2 Å². The Morgan fingerprint density at radius 1 is 1.12 bits per heavy atom. The summed E-state index contributed by atoms with van der Waals surface area (Å²) in [6.07, 6.45) is -5.01. The minimum absolute atomic E-state index is 0.245. The third-order valence-corrected chi connectivity index (χ3v) is 4.76. The first kappa shape index (κ1) is 18.8. The lowest BCUT2D eigenvalue weighted by Gasteiger charge is -2.15. The minimum Gasteiger partial charge on any atom is -0.403 e. The Morgan fingerprint density at radius 3 is 2.38 bits per heavy atom. The molecule has 0 saturated heterocycles. The van der Waals surface area contributed by atoms with Crippen LogP contribution in [0, 0.1) is 5.82 Å². The van der Waals surface area contributed by atoms with Crippen molar-refractivity contribution in [1.29, 1.82) is 0 Å². The Hall–Kier alpha value is -1.52. The third-order valence-electron chi connectivity index (χ3n) is 2.62. The van der Waals surface area contributed by atoms with Gasteiger partial charge in [0.2, 0.25) is 0 Å². The number of benzene rings is 2. The van der Waals surface area contributed by atoms with Crippen molar-refractivity contribution in [2.24, 2.45) is 0 Å². The van der Waals surface area contributed by atoms with Crippen molar-refractivity contribution in [3.8, 4) is 5.75 Å². The molecule has 4 nitrogen and oxygen atoms in total. The monoisotopic (exact) mass is 447 g/mol. The number of sulfonamides is 1. The van der Waals surface area contributed by atoms with Crippen LogP contribution in [0.2, 0.25) is 5.02 Å². The molecule has 0 radical (unpaired) electrons. The minimum atomic E-state index is -5.01. The Balaban J connectivity index is 2.40. The van der Waals surface area contributed by atoms with E-state index in [0.717, 1.165) is 30.3 Å². The molecule has 1 N–H and O–H groups in total. The summed E-state index contributed by atoms with van der Waals surface area (Å²) in [7, 11) is -4.31. The van der Waals surface area contributed by atoms with Crippen LogP contribution in [0.5, 0.6) is 5.75 Å². The molecular weight excluding hydrogens is 442 g/mol. The highest BCUT2D eigenvalue weighted by atomic mass is 79.9. The van der Waals surface area contributed by atoms with Gasteiger partial charge in [-0.2, -0.15) is 0 Å². The maximum atomic E-state index is 13.1. The molecule has 0 aliphatic carbocycles. The molecule has 130 valence electrons. The van der Waals surface area contributed by atoms with Gasteiger partial charge in [-0.25, -0.2) is 12.8 Å². The molecule has 0 atom stereocenters. The van der Waals surface area contributed by atoms with Crippen molar-refractivity contribution in [3.63, 3.8) is 0 Å². The van der Waals surface area contributed by atoms with Crippen LogP contribution in [0.3, 0.4) is 0 Å². The molecule has 2 aromatic carbocycles. The maximum Gasteiger partial charge on any atom is 0.573 e.